The molecule has 1 aromatic rings. The molecule has 0 radical (unpaired) electrons. The quantitative estimate of drug-likeness (QED) is 0.224. The minimum Gasteiger partial charge on any atom is -0.497 e. The zero-order valence-electron chi connectivity index (χ0n) is 16.7. The maximum Gasteiger partial charge on any atom is 0.187 e. The molecule has 2 heterocycles. The van der Waals surface area contributed by atoms with Gasteiger partial charge in [-0.3, -0.25) is 0 Å². The predicted octanol–water partition coefficient (Wildman–Crippen LogP) is -2.59. The number of rotatable bonds is 7. The highest BCUT2D eigenvalue weighted by molar-refractivity contribution is 7.99. The van der Waals surface area contributed by atoms with Crippen LogP contribution in [0.1, 0.15) is 0 Å². The molecule has 2 aliphatic heterocycles. The Bertz CT molecular complexity index is 688. The second-order valence-electron chi connectivity index (χ2n) is 7.30. The summed E-state index contributed by atoms with van der Waals surface area (Å²) in [7, 11) is 1.54. The molecule has 10 atom stereocenters. The van der Waals surface area contributed by atoms with Crippen molar-refractivity contribution in [2.45, 2.75) is 65.5 Å². The van der Waals surface area contributed by atoms with Crippen LogP contribution in [0.4, 0.5) is 0 Å². The smallest absolute Gasteiger partial charge is 0.187 e. The summed E-state index contributed by atoms with van der Waals surface area (Å²) in [5, 5.41) is 70.1. The van der Waals surface area contributed by atoms with Gasteiger partial charge in [0.05, 0.1) is 20.3 Å². The molecule has 7 N–H and O–H groups in total. The first-order valence-corrected chi connectivity index (χ1v) is 10.6. The molecule has 0 saturated carbocycles. The van der Waals surface area contributed by atoms with Crippen molar-refractivity contribution >= 4 is 11.8 Å². The maximum atomic E-state index is 10.6. The molecule has 12 heteroatoms. The van der Waals surface area contributed by atoms with Crippen molar-refractivity contribution in [1.82, 2.24) is 0 Å². The van der Waals surface area contributed by atoms with Crippen LogP contribution < -0.4 is 4.74 Å². The van der Waals surface area contributed by atoms with Crippen LogP contribution in [0, 0.1) is 0 Å². The third-order valence-electron chi connectivity index (χ3n) is 5.27. The first-order chi connectivity index (χ1) is 14.8. The number of hydrogen-bond donors (Lipinski definition) is 7. The normalized spacial score (nSPS) is 41.2. The summed E-state index contributed by atoms with van der Waals surface area (Å²) in [5.41, 5.74) is -0.935. The Labute approximate surface area is 182 Å². The van der Waals surface area contributed by atoms with Gasteiger partial charge in [-0.1, -0.05) is 11.8 Å². The molecule has 0 aromatic heterocycles. The molecule has 176 valence electrons. The number of hydrogen-bond acceptors (Lipinski definition) is 12. The van der Waals surface area contributed by atoms with Crippen LogP contribution in [0.3, 0.4) is 0 Å². The summed E-state index contributed by atoms with van der Waals surface area (Å²) in [6.07, 6.45) is -13.1. The largest absolute Gasteiger partial charge is 0.497 e. The monoisotopic (exact) mass is 464 g/mol. The summed E-state index contributed by atoms with van der Waals surface area (Å²) < 4.78 is 21.6. The third-order valence-corrected chi connectivity index (χ3v) is 6.44. The van der Waals surface area contributed by atoms with Gasteiger partial charge in [-0.15, -0.1) is 0 Å². The number of methoxy groups -OCH3 is 1. The van der Waals surface area contributed by atoms with Crippen molar-refractivity contribution in [3.8, 4) is 5.75 Å². The van der Waals surface area contributed by atoms with Crippen LogP contribution in [0.5, 0.6) is 5.75 Å². The maximum absolute atomic E-state index is 10.6. The van der Waals surface area contributed by atoms with Crippen LogP contribution in [0.15, 0.2) is 29.2 Å². The Hall–Kier alpha value is -1.03. The molecule has 11 nitrogen and oxygen atoms in total. The van der Waals surface area contributed by atoms with Crippen molar-refractivity contribution < 1.29 is 54.7 Å². The lowest BCUT2D eigenvalue weighted by Gasteiger charge is -2.46. The second kappa shape index (κ2) is 10.7. The topological polar surface area (TPSA) is 179 Å². The summed E-state index contributed by atoms with van der Waals surface area (Å²) in [6, 6.07) is 6.94. The van der Waals surface area contributed by atoms with Gasteiger partial charge in [0.15, 0.2) is 6.29 Å². The highest BCUT2D eigenvalue weighted by Crippen LogP contribution is 2.36. The standard InChI is InChI=1S/C19H28O11S/c1-27-8-2-4-9(5-3-8)31-19-16(26)14(24)17(11(7-21)29-19)30-18-15(25)13(23)12(22)10(6-20)28-18/h2-5,10-26H,6-7H2,1H3/t10-,11-,12+,13+,14-,15-,16-,17-,18+,19+/m1/s1. The lowest BCUT2D eigenvalue weighted by molar-refractivity contribution is -0.338. The Morgan fingerprint density at radius 2 is 1.45 bits per heavy atom. The highest BCUT2D eigenvalue weighted by Gasteiger charge is 2.50. The summed E-state index contributed by atoms with van der Waals surface area (Å²) >= 11 is 1.13. The van der Waals surface area contributed by atoms with Gasteiger partial charge >= 0.3 is 0 Å². The van der Waals surface area contributed by atoms with Gasteiger partial charge in [0, 0.05) is 4.90 Å². The molecule has 0 bridgehead atoms. The molecule has 1 aromatic carbocycles. The zero-order chi connectivity index (χ0) is 22.7. The van der Waals surface area contributed by atoms with Gasteiger partial charge in [-0.25, -0.2) is 0 Å². The molecule has 0 spiro atoms. The molecule has 2 aliphatic rings. The Morgan fingerprint density at radius 3 is 2.03 bits per heavy atom. The third kappa shape index (κ3) is 5.31. The summed E-state index contributed by atoms with van der Waals surface area (Å²) in [5.74, 6) is 0.649. The van der Waals surface area contributed by atoms with Crippen molar-refractivity contribution in [2.24, 2.45) is 0 Å². The molecule has 2 saturated heterocycles. The number of aliphatic hydroxyl groups is 7. The van der Waals surface area contributed by atoms with Gasteiger partial charge in [0.25, 0.3) is 0 Å². The predicted molar refractivity (Wildman–Crippen MR) is 105 cm³/mol. The molecular formula is C19H28O11S. The first-order valence-electron chi connectivity index (χ1n) is 9.69. The van der Waals surface area contributed by atoms with E-state index in [2.05, 4.69) is 0 Å². The Morgan fingerprint density at radius 1 is 0.806 bits per heavy atom. The van der Waals surface area contributed by atoms with Gasteiger partial charge in [-0.2, -0.15) is 0 Å². The van der Waals surface area contributed by atoms with Crippen LogP contribution in [0.25, 0.3) is 0 Å². The summed E-state index contributed by atoms with van der Waals surface area (Å²) in [4.78, 5) is 0.724. The van der Waals surface area contributed by atoms with E-state index in [9.17, 15) is 35.7 Å². The number of thioether (sulfide) groups is 1. The van der Waals surface area contributed by atoms with E-state index in [1.807, 2.05) is 0 Å². The average molecular weight is 464 g/mol. The van der Waals surface area contributed by atoms with Crippen LogP contribution in [0.2, 0.25) is 0 Å². The first kappa shape index (κ1) is 24.6. The van der Waals surface area contributed by atoms with Crippen molar-refractivity contribution in [2.75, 3.05) is 20.3 Å². The van der Waals surface area contributed by atoms with E-state index < -0.39 is 73.8 Å². The van der Waals surface area contributed by atoms with E-state index in [1.165, 1.54) is 7.11 Å². The Kier molecular flexibility index (Phi) is 8.51. The fraction of sp³-hybridized carbons (Fsp3) is 0.684. The lowest BCUT2D eigenvalue weighted by Crippen LogP contribution is -2.64. The van der Waals surface area contributed by atoms with E-state index in [-0.39, 0.29) is 0 Å². The molecule has 31 heavy (non-hydrogen) atoms. The molecule has 0 unspecified atom stereocenters. The van der Waals surface area contributed by atoms with Crippen molar-refractivity contribution in [3.63, 3.8) is 0 Å². The SMILES string of the molecule is COc1ccc(S[C@@H]2O[C@H](CO)[C@@H](O[C@@H]3O[C@H](CO)[C@H](O)[C@H](O)[C@H]3O)[C@H](O)[C@H]2O)cc1. The molecule has 0 aliphatic carbocycles. The molecule has 2 fully saturated rings. The van der Waals surface area contributed by atoms with E-state index in [0.29, 0.717) is 5.75 Å². The van der Waals surface area contributed by atoms with Crippen LogP contribution >= 0.6 is 11.8 Å². The number of benzene rings is 1. The van der Waals surface area contributed by atoms with Crippen LogP contribution in [-0.4, -0.2) is 117 Å². The van der Waals surface area contributed by atoms with Gasteiger partial charge < -0.3 is 54.7 Å². The minimum atomic E-state index is -1.70. The lowest BCUT2D eigenvalue weighted by atomic mass is 9.97. The van der Waals surface area contributed by atoms with Crippen LogP contribution in [-0.2, 0) is 14.2 Å². The highest BCUT2D eigenvalue weighted by atomic mass is 32.2. The van der Waals surface area contributed by atoms with Crippen molar-refractivity contribution in [3.05, 3.63) is 24.3 Å². The number of ether oxygens (including phenoxy) is 4. The van der Waals surface area contributed by atoms with Crippen molar-refractivity contribution in [1.29, 1.82) is 0 Å². The molecular weight excluding hydrogens is 436 g/mol. The van der Waals surface area contributed by atoms with E-state index in [1.54, 1.807) is 24.3 Å². The second-order valence-corrected chi connectivity index (χ2v) is 8.47. The fourth-order valence-electron chi connectivity index (χ4n) is 3.44. The van der Waals surface area contributed by atoms with E-state index in [0.717, 1.165) is 16.7 Å². The van der Waals surface area contributed by atoms with E-state index in [4.69, 9.17) is 18.9 Å². The zero-order valence-corrected chi connectivity index (χ0v) is 17.5. The fourth-order valence-corrected chi connectivity index (χ4v) is 4.50. The average Bonchev–Trinajstić information content (AvgIpc) is 2.79. The Balaban J connectivity index is 1.70. The van der Waals surface area contributed by atoms with Gasteiger partial charge in [0.2, 0.25) is 0 Å². The van der Waals surface area contributed by atoms with E-state index >= 15 is 0 Å². The summed E-state index contributed by atoms with van der Waals surface area (Å²) in [6.45, 7) is -1.23. The molecule has 0 amide bonds. The minimum absolute atomic E-state index is 0.578. The van der Waals surface area contributed by atoms with Gasteiger partial charge in [0.1, 0.15) is 60.0 Å². The van der Waals surface area contributed by atoms with Gasteiger partial charge in [-0.05, 0) is 24.3 Å². The number of aliphatic hydroxyl groups excluding tert-OH is 7. The molecule has 3 rings (SSSR count).